The van der Waals surface area contributed by atoms with E-state index >= 15 is 0 Å². The van der Waals surface area contributed by atoms with Crippen LogP contribution in [0.3, 0.4) is 0 Å². The fourth-order valence-electron chi connectivity index (χ4n) is 1.59. The molecule has 0 radical (unpaired) electrons. The lowest BCUT2D eigenvalue weighted by atomic mass is 10.2. The lowest BCUT2D eigenvalue weighted by molar-refractivity contribution is -0.141. The highest BCUT2D eigenvalue weighted by Gasteiger charge is 2.34. The molecule has 0 unspecified atom stereocenters. The van der Waals surface area contributed by atoms with Gasteiger partial charge in [-0.2, -0.15) is 18.3 Å². The van der Waals surface area contributed by atoms with E-state index in [9.17, 15) is 17.6 Å². The highest BCUT2D eigenvalue weighted by Crippen LogP contribution is 2.30. The first-order valence-corrected chi connectivity index (χ1v) is 5.14. The largest absolute Gasteiger partial charge is 0.435 e. The van der Waals surface area contributed by atoms with Gasteiger partial charge in [-0.15, -0.1) is 0 Å². The Balaban J connectivity index is 2.54. The zero-order valence-corrected chi connectivity index (χ0v) is 9.66. The van der Waals surface area contributed by atoms with Crippen molar-refractivity contribution >= 4 is 5.69 Å². The summed E-state index contributed by atoms with van der Waals surface area (Å²) in [5.41, 5.74) is -0.983. The lowest BCUT2D eigenvalue weighted by Gasteiger charge is -2.06. The van der Waals surface area contributed by atoms with Crippen LogP contribution in [0.1, 0.15) is 11.4 Å². The third kappa shape index (κ3) is 2.42. The van der Waals surface area contributed by atoms with Crippen LogP contribution in [-0.2, 0) is 6.18 Å². The molecule has 0 saturated carbocycles. The Morgan fingerprint density at radius 1 is 1.26 bits per heavy atom. The second-order valence-corrected chi connectivity index (χ2v) is 3.83. The van der Waals surface area contributed by atoms with Gasteiger partial charge in [0.2, 0.25) is 0 Å². The summed E-state index contributed by atoms with van der Waals surface area (Å²) in [7, 11) is 0. The van der Waals surface area contributed by atoms with Crippen molar-refractivity contribution in [1.82, 2.24) is 9.78 Å². The lowest BCUT2D eigenvalue weighted by Crippen LogP contribution is -2.08. The van der Waals surface area contributed by atoms with Crippen LogP contribution >= 0.6 is 0 Å². The average Bonchev–Trinajstić information content (AvgIpc) is 2.71. The van der Waals surface area contributed by atoms with Gasteiger partial charge >= 0.3 is 6.18 Å². The standard InChI is InChI=1S/C12H7F4N3/c1-7-5-11(12(14,15)16)18-19(7)10-4-3-8(17-2)6-9(10)13/h3-6H,1H3. The molecule has 0 fully saturated rings. The van der Waals surface area contributed by atoms with Gasteiger partial charge in [0.25, 0.3) is 0 Å². The Bertz CT molecular complexity index is 665. The Labute approximate surface area is 105 Å². The Hall–Kier alpha value is -2.36. The van der Waals surface area contributed by atoms with E-state index in [2.05, 4.69) is 9.94 Å². The number of alkyl halides is 3. The van der Waals surface area contributed by atoms with Crippen molar-refractivity contribution in [3.63, 3.8) is 0 Å². The van der Waals surface area contributed by atoms with Crippen molar-refractivity contribution in [3.05, 3.63) is 52.9 Å². The van der Waals surface area contributed by atoms with Crippen LogP contribution in [0.15, 0.2) is 24.3 Å². The number of aromatic nitrogens is 2. The maximum atomic E-state index is 13.7. The molecule has 1 aromatic carbocycles. The first kappa shape index (κ1) is 13.1. The van der Waals surface area contributed by atoms with Crippen molar-refractivity contribution in [2.24, 2.45) is 0 Å². The number of aryl methyl sites for hydroxylation is 1. The molecule has 0 N–H and O–H groups in total. The smallest absolute Gasteiger partial charge is 0.238 e. The molecule has 0 aliphatic heterocycles. The quantitative estimate of drug-likeness (QED) is 0.568. The minimum atomic E-state index is -4.58. The zero-order valence-electron chi connectivity index (χ0n) is 9.66. The summed E-state index contributed by atoms with van der Waals surface area (Å²) in [6.07, 6.45) is -4.58. The van der Waals surface area contributed by atoms with Crippen LogP contribution in [0.5, 0.6) is 0 Å². The number of halogens is 4. The summed E-state index contributed by atoms with van der Waals surface area (Å²) in [6, 6.07) is 4.33. The van der Waals surface area contributed by atoms with Gasteiger partial charge in [-0.1, -0.05) is 6.07 Å². The topological polar surface area (TPSA) is 22.2 Å². The molecule has 0 amide bonds. The molecule has 0 aliphatic rings. The molecular formula is C12H7F4N3. The Morgan fingerprint density at radius 3 is 2.42 bits per heavy atom. The van der Waals surface area contributed by atoms with Gasteiger partial charge in [0.05, 0.1) is 12.3 Å². The van der Waals surface area contributed by atoms with Gasteiger partial charge in [-0.25, -0.2) is 13.9 Å². The highest BCUT2D eigenvalue weighted by atomic mass is 19.4. The fourth-order valence-corrected chi connectivity index (χ4v) is 1.59. The first-order chi connectivity index (χ1) is 8.82. The maximum Gasteiger partial charge on any atom is 0.435 e. The van der Waals surface area contributed by atoms with E-state index in [0.29, 0.717) is 0 Å². The average molecular weight is 269 g/mol. The van der Waals surface area contributed by atoms with Crippen LogP contribution in [-0.4, -0.2) is 9.78 Å². The predicted molar refractivity (Wildman–Crippen MR) is 59.5 cm³/mol. The summed E-state index contributed by atoms with van der Waals surface area (Å²) < 4.78 is 52.1. The van der Waals surface area contributed by atoms with Crippen LogP contribution in [0.25, 0.3) is 10.5 Å². The molecule has 1 aromatic heterocycles. The molecule has 3 nitrogen and oxygen atoms in total. The normalized spacial score (nSPS) is 11.4. The van der Waals surface area contributed by atoms with Gasteiger partial charge in [0.15, 0.2) is 11.4 Å². The molecule has 0 spiro atoms. The van der Waals surface area contributed by atoms with Crippen molar-refractivity contribution in [2.75, 3.05) is 0 Å². The molecule has 0 aliphatic carbocycles. The van der Waals surface area contributed by atoms with Gasteiger partial charge in [-0.05, 0) is 25.1 Å². The SMILES string of the molecule is [C-]#[N+]c1ccc(-n2nc(C(F)(F)F)cc2C)c(F)c1. The van der Waals surface area contributed by atoms with Gasteiger partial charge in [0.1, 0.15) is 5.82 Å². The number of hydrogen-bond acceptors (Lipinski definition) is 1. The van der Waals surface area contributed by atoms with E-state index in [4.69, 9.17) is 6.57 Å². The van der Waals surface area contributed by atoms with Crippen molar-refractivity contribution in [3.8, 4) is 5.69 Å². The van der Waals surface area contributed by atoms with E-state index < -0.39 is 17.7 Å². The molecule has 2 rings (SSSR count). The van der Waals surface area contributed by atoms with Crippen molar-refractivity contribution in [2.45, 2.75) is 13.1 Å². The first-order valence-electron chi connectivity index (χ1n) is 5.14. The van der Waals surface area contributed by atoms with Crippen molar-refractivity contribution < 1.29 is 17.6 Å². The van der Waals surface area contributed by atoms with Gasteiger partial charge in [-0.3, -0.25) is 0 Å². The molecule has 19 heavy (non-hydrogen) atoms. The number of nitrogens with zero attached hydrogens (tertiary/aromatic N) is 3. The second-order valence-electron chi connectivity index (χ2n) is 3.83. The van der Waals surface area contributed by atoms with Crippen molar-refractivity contribution in [1.29, 1.82) is 0 Å². The summed E-state index contributed by atoms with van der Waals surface area (Å²) >= 11 is 0. The van der Waals surface area contributed by atoms with E-state index in [0.717, 1.165) is 16.8 Å². The van der Waals surface area contributed by atoms with E-state index in [1.54, 1.807) is 0 Å². The highest BCUT2D eigenvalue weighted by molar-refractivity contribution is 5.50. The zero-order chi connectivity index (χ0) is 14.2. The van der Waals surface area contributed by atoms with Crippen LogP contribution in [0.4, 0.5) is 23.2 Å². The second kappa shape index (κ2) is 4.39. The molecule has 0 atom stereocenters. The third-order valence-corrected chi connectivity index (χ3v) is 2.47. The Morgan fingerprint density at radius 2 is 1.95 bits per heavy atom. The van der Waals surface area contributed by atoms with Gasteiger partial charge in [0, 0.05) is 5.69 Å². The minimum absolute atomic E-state index is 0.0714. The molecule has 1 heterocycles. The number of hydrogen-bond donors (Lipinski definition) is 0. The predicted octanol–water partition coefficient (Wildman–Crippen LogP) is 3.89. The molecular weight excluding hydrogens is 262 g/mol. The van der Waals surface area contributed by atoms with E-state index in [1.807, 2.05) is 0 Å². The summed E-state index contributed by atoms with van der Waals surface area (Å²) in [5, 5.41) is 3.34. The van der Waals surface area contributed by atoms with Crippen LogP contribution in [0, 0.1) is 19.3 Å². The van der Waals surface area contributed by atoms with Crippen LogP contribution in [0.2, 0.25) is 0 Å². The molecule has 2 aromatic rings. The monoisotopic (exact) mass is 269 g/mol. The van der Waals surface area contributed by atoms with Crippen LogP contribution < -0.4 is 0 Å². The fraction of sp³-hybridized carbons (Fsp3) is 0.167. The molecule has 7 heteroatoms. The summed E-state index contributed by atoms with van der Waals surface area (Å²) in [6.45, 7) is 8.12. The number of rotatable bonds is 1. The number of benzene rings is 1. The third-order valence-electron chi connectivity index (χ3n) is 2.47. The summed E-state index contributed by atoms with van der Waals surface area (Å²) in [5.74, 6) is -0.798. The molecule has 98 valence electrons. The summed E-state index contributed by atoms with van der Waals surface area (Å²) in [4.78, 5) is 3.03. The molecule has 0 bridgehead atoms. The Kier molecular flexibility index (Phi) is 3.02. The van der Waals surface area contributed by atoms with E-state index in [-0.39, 0.29) is 17.1 Å². The maximum absolute atomic E-state index is 13.7. The van der Waals surface area contributed by atoms with Gasteiger partial charge < -0.3 is 0 Å². The minimum Gasteiger partial charge on any atom is -0.238 e. The molecule has 0 saturated heterocycles. The van der Waals surface area contributed by atoms with E-state index in [1.165, 1.54) is 19.1 Å².